The summed E-state index contributed by atoms with van der Waals surface area (Å²) in [6, 6.07) is 8.28. The SMILES string of the molecule is BrCC1(COCc2ccccc2Br)CCCCC1. The van der Waals surface area contributed by atoms with Crippen molar-refractivity contribution in [3.05, 3.63) is 34.3 Å². The van der Waals surface area contributed by atoms with Crippen LogP contribution >= 0.6 is 31.9 Å². The van der Waals surface area contributed by atoms with E-state index in [9.17, 15) is 0 Å². The predicted molar refractivity (Wildman–Crippen MR) is 83.1 cm³/mol. The molecule has 1 aromatic carbocycles. The van der Waals surface area contributed by atoms with Gasteiger partial charge in [-0.15, -0.1) is 0 Å². The highest BCUT2D eigenvalue weighted by molar-refractivity contribution is 9.10. The molecule has 0 N–H and O–H groups in total. The lowest BCUT2D eigenvalue weighted by Crippen LogP contribution is -2.31. The molecule has 0 unspecified atom stereocenters. The van der Waals surface area contributed by atoms with Crippen molar-refractivity contribution < 1.29 is 4.74 Å². The van der Waals surface area contributed by atoms with Gasteiger partial charge in [-0.05, 0) is 24.5 Å². The molecule has 0 aromatic heterocycles. The molecule has 0 radical (unpaired) electrons. The first-order valence-corrected chi connectivity index (χ1v) is 8.54. The maximum atomic E-state index is 5.97. The Morgan fingerprint density at radius 3 is 2.50 bits per heavy atom. The summed E-state index contributed by atoms with van der Waals surface area (Å²) in [6.45, 7) is 1.58. The molecule has 0 amide bonds. The van der Waals surface area contributed by atoms with Crippen molar-refractivity contribution in [2.75, 3.05) is 11.9 Å². The molecule has 0 spiro atoms. The van der Waals surface area contributed by atoms with Crippen molar-refractivity contribution in [1.82, 2.24) is 0 Å². The van der Waals surface area contributed by atoms with E-state index in [1.807, 2.05) is 6.07 Å². The van der Waals surface area contributed by atoms with Crippen LogP contribution < -0.4 is 0 Å². The van der Waals surface area contributed by atoms with Crippen LogP contribution in [0.15, 0.2) is 28.7 Å². The topological polar surface area (TPSA) is 9.23 Å². The van der Waals surface area contributed by atoms with Crippen LogP contribution in [0.5, 0.6) is 0 Å². The fraction of sp³-hybridized carbons (Fsp3) is 0.600. The number of ether oxygens (including phenoxy) is 1. The van der Waals surface area contributed by atoms with Gasteiger partial charge in [0.05, 0.1) is 13.2 Å². The number of alkyl halides is 1. The minimum atomic E-state index is 0.375. The quantitative estimate of drug-likeness (QED) is 0.633. The molecular formula is C15H20Br2O. The van der Waals surface area contributed by atoms with Gasteiger partial charge < -0.3 is 4.74 Å². The molecule has 1 aliphatic rings. The molecule has 1 nitrogen and oxygen atoms in total. The van der Waals surface area contributed by atoms with Crippen molar-refractivity contribution in [2.45, 2.75) is 38.7 Å². The maximum Gasteiger partial charge on any atom is 0.0728 e. The van der Waals surface area contributed by atoms with Crippen molar-refractivity contribution >= 4 is 31.9 Å². The number of hydrogen-bond acceptors (Lipinski definition) is 1. The van der Waals surface area contributed by atoms with E-state index in [2.05, 4.69) is 50.1 Å². The van der Waals surface area contributed by atoms with Gasteiger partial charge >= 0.3 is 0 Å². The minimum Gasteiger partial charge on any atom is -0.376 e. The van der Waals surface area contributed by atoms with E-state index in [0.717, 1.165) is 16.4 Å². The zero-order valence-electron chi connectivity index (χ0n) is 10.6. The summed E-state index contributed by atoms with van der Waals surface area (Å²) in [5.74, 6) is 0. The van der Waals surface area contributed by atoms with Crippen LogP contribution in [0.25, 0.3) is 0 Å². The molecule has 0 saturated heterocycles. The average molecular weight is 376 g/mol. The normalized spacial score (nSPS) is 18.8. The Morgan fingerprint density at radius 1 is 1.11 bits per heavy atom. The first-order valence-electron chi connectivity index (χ1n) is 6.63. The fourth-order valence-corrected chi connectivity index (χ4v) is 3.73. The number of benzene rings is 1. The number of hydrogen-bond donors (Lipinski definition) is 0. The summed E-state index contributed by atoms with van der Waals surface area (Å²) in [5.41, 5.74) is 1.61. The van der Waals surface area contributed by atoms with Gasteiger partial charge in [-0.1, -0.05) is 69.3 Å². The van der Waals surface area contributed by atoms with Crippen molar-refractivity contribution in [1.29, 1.82) is 0 Å². The Morgan fingerprint density at radius 2 is 1.83 bits per heavy atom. The lowest BCUT2D eigenvalue weighted by Gasteiger charge is -2.35. The second-order valence-corrected chi connectivity index (χ2v) is 6.69. The summed E-state index contributed by atoms with van der Waals surface area (Å²) in [7, 11) is 0. The van der Waals surface area contributed by atoms with Gasteiger partial charge in [-0.2, -0.15) is 0 Å². The van der Waals surface area contributed by atoms with Gasteiger partial charge in [-0.25, -0.2) is 0 Å². The Labute approximate surface area is 127 Å². The van der Waals surface area contributed by atoms with Crippen LogP contribution in [-0.4, -0.2) is 11.9 Å². The molecule has 1 fully saturated rings. The second-order valence-electron chi connectivity index (χ2n) is 5.28. The van der Waals surface area contributed by atoms with Crippen LogP contribution in [0.4, 0.5) is 0 Å². The summed E-state index contributed by atoms with van der Waals surface area (Å²) >= 11 is 7.24. The standard InChI is InChI=1S/C15H20Br2O/c16-11-15(8-4-1-5-9-15)12-18-10-13-6-2-3-7-14(13)17/h2-3,6-7H,1,4-5,8-12H2. The summed E-state index contributed by atoms with van der Waals surface area (Å²) in [6.07, 6.45) is 6.69. The van der Waals surface area contributed by atoms with Gasteiger partial charge in [0.25, 0.3) is 0 Å². The van der Waals surface area contributed by atoms with Gasteiger partial charge in [0.15, 0.2) is 0 Å². The third-order valence-corrected chi connectivity index (χ3v) is 5.78. The maximum absolute atomic E-state index is 5.97. The Hall–Kier alpha value is 0.140. The van der Waals surface area contributed by atoms with E-state index in [0.29, 0.717) is 12.0 Å². The number of halogens is 2. The van der Waals surface area contributed by atoms with Crippen LogP contribution in [0.3, 0.4) is 0 Å². The first kappa shape index (κ1) is 14.5. The molecule has 1 aromatic rings. The summed E-state index contributed by atoms with van der Waals surface area (Å²) in [5, 5.41) is 1.07. The Balaban J connectivity index is 1.85. The van der Waals surface area contributed by atoms with Crippen molar-refractivity contribution in [3.8, 4) is 0 Å². The summed E-state index contributed by atoms with van der Waals surface area (Å²) < 4.78 is 7.11. The zero-order chi connectivity index (χ0) is 12.8. The molecule has 3 heteroatoms. The lowest BCUT2D eigenvalue weighted by molar-refractivity contribution is 0.0254. The van der Waals surface area contributed by atoms with Crippen LogP contribution in [0.2, 0.25) is 0 Å². The molecule has 2 rings (SSSR count). The molecule has 100 valence electrons. The van der Waals surface area contributed by atoms with Crippen molar-refractivity contribution in [2.24, 2.45) is 5.41 Å². The van der Waals surface area contributed by atoms with Gasteiger partial charge in [0.2, 0.25) is 0 Å². The van der Waals surface area contributed by atoms with Crippen LogP contribution in [0, 0.1) is 5.41 Å². The molecule has 0 bridgehead atoms. The Kier molecular flexibility index (Phi) is 5.71. The molecule has 0 atom stereocenters. The second kappa shape index (κ2) is 7.06. The van der Waals surface area contributed by atoms with E-state index in [-0.39, 0.29) is 0 Å². The smallest absolute Gasteiger partial charge is 0.0728 e. The van der Waals surface area contributed by atoms with Crippen LogP contribution in [0.1, 0.15) is 37.7 Å². The minimum absolute atomic E-state index is 0.375. The van der Waals surface area contributed by atoms with E-state index >= 15 is 0 Å². The monoisotopic (exact) mass is 374 g/mol. The number of rotatable bonds is 5. The van der Waals surface area contributed by atoms with E-state index < -0.39 is 0 Å². The fourth-order valence-electron chi connectivity index (χ4n) is 2.61. The van der Waals surface area contributed by atoms with Gasteiger partial charge in [0, 0.05) is 15.2 Å². The third kappa shape index (κ3) is 3.82. The average Bonchev–Trinajstić information content (AvgIpc) is 2.42. The molecule has 0 aliphatic heterocycles. The van der Waals surface area contributed by atoms with E-state index in [1.54, 1.807) is 0 Å². The zero-order valence-corrected chi connectivity index (χ0v) is 13.8. The van der Waals surface area contributed by atoms with Gasteiger partial charge in [0.1, 0.15) is 0 Å². The predicted octanol–water partition coefficient (Wildman–Crippen LogP) is 5.31. The third-order valence-electron chi connectivity index (χ3n) is 3.82. The van der Waals surface area contributed by atoms with E-state index in [1.165, 1.54) is 37.7 Å². The molecule has 18 heavy (non-hydrogen) atoms. The Bertz CT molecular complexity index is 373. The van der Waals surface area contributed by atoms with E-state index in [4.69, 9.17) is 4.74 Å². The van der Waals surface area contributed by atoms with Crippen LogP contribution in [-0.2, 0) is 11.3 Å². The molecule has 0 heterocycles. The highest BCUT2D eigenvalue weighted by atomic mass is 79.9. The summed E-state index contributed by atoms with van der Waals surface area (Å²) in [4.78, 5) is 0. The van der Waals surface area contributed by atoms with Gasteiger partial charge in [-0.3, -0.25) is 0 Å². The highest BCUT2D eigenvalue weighted by Gasteiger charge is 2.31. The molecular weight excluding hydrogens is 356 g/mol. The lowest BCUT2D eigenvalue weighted by atomic mass is 9.76. The first-order chi connectivity index (χ1) is 8.76. The molecule has 1 aliphatic carbocycles. The molecule has 1 saturated carbocycles. The largest absolute Gasteiger partial charge is 0.376 e. The van der Waals surface area contributed by atoms with Crippen molar-refractivity contribution in [3.63, 3.8) is 0 Å². The highest BCUT2D eigenvalue weighted by Crippen LogP contribution is 2.38.